The molecular weight excluding hydrogens is 320 g/mol. The third-order valence-electron chi connectivity index (χ3n) is 4.42. The van der Waals surface area contributed by atoms with Crippen LogP contribution in [0.2, 0.25) is 0 Å². The number of hydrogen-bond acceptors (Lipinski definition) is 5. The van der Waals surface area contributed by atoms with Crippen LogP contribution in [0, 0.1) is 6.92 Å². The smallest absolute Gasteiger partial charge is 0.356 e. The third-order valence-corrected chi connectivity index (χ3v) is 4.42. The molecule has 3 aromatic rings. The molecular formula is C17H18N6O2. The van der Waals surface area contributed by atoms with Crippen molar-refractivity contribution in [2.24, 2.45) is 0 Å². The summed E-state index contributed by atoms with van der Waals surface area (Å²) in [6.45, 7) is 4.97. The average Bonchev–Trinajstić information content (AvgIpc) is 3.19. The molecule has 0 aliphatic carbocycles. The molecule has 0 aromatic carbocycles. The lowest BCUT2D eigenvalue weighted by Crippen LogP contribution is -2.33. The van der Waals surface area contributed by atoms with Gasteiger partial charge in [-0.05, 0) is 25.1 Å². The van der Waals surface area contributed by atoms with Gasteiger partial charge in [-0.3, -0.25) is 14.6 Å². The van der Waals surface area contributed by atoms with Gasteiger partial charge in [0.25, 0.3) is 0 Å². The number of carbonyl (C=O) groups is 1. The van der Waals surface area contributed by atoms with Crippen molar-refractivity contribution in [2.75, 3.05) is 6.54 Å². The summed E-state index contributed by atoms with van der Waals surface area (Å²) in [6, 6.07) is 5.49. The van der Waals surface area contributed by atoms with Crippen molar-refractivity contribution in [2.45, 2.75) is 26.6 Å². The standard InChI is InChI=1S/C17H18N6O2/c1-12-13(10-23(19-12)14-2-4-18-5-3-14)9-21-6-7-22-15(11-21)8-16(20-22)17(24)25/h2-5,8,10H,6-7,9,11H2,1H3,(H,24,25). The van der Waals surface area contributed by atoms with Crippen molar-refractivity contribution in [1.82, 2.24) is 29.4 Å². The van der Waals surface area contributed by atoms with Crippen LogP contribution in [-0.2, 0) is 19.6 Å². The quantitative estimate of drug-likeness (QED) is 0.775. The highest BCUT2D eigenvalue weighted by Gasteiger charge is 2.21. The number of hydrogen-bond donors (Lipinski definition) is 1. The number of nitrogens with zero attached hydrogens (tertiary/aromatic N) is 6. The second-order valence-corrected chi connectivity index (χ2v) is 6.15. The van der Waals surface area contributed by atoms with Gasteiger partial charge in [-0.1, -0.05) is 0 Å². The molecule has 128 valence electrons. The zero-order valence-electron chi connectivity index (χ0n) is 13.8. The molecule has 0 amide bonds. The predicted octanol–water partition coefficient (Wildman–Crippen LogP) is 1.49. The highest BCUT2D eigenvalue weighted by atomic mass is 16.4. The third kappa shape index (κ3) is 3.03. The molecule has 0 radical (unpaired) electrons. The predicted molar refractivity (Wildman–Crippen MR) is 89.4 cm³/mol. The van der Waals surface area contributed by atoms with Crippen molar-refractivity contribution in [1.29, 1.82) is 0 Å². The normalized spacial score (nSPS) is 14.4. The molecule has 0 saturated heterocycles. The molecule has 0 unspecified atom stereocenters. The van der Waals surface area contributed by atoms with Crippen molar-refractivity contribution < 1.29 is 9.90 Å². The van der Waals surface area contributed by atoms with Crippen LogP contribution >= 0.6 is 0 Å². The van der Waals surface area contributed by atoms with E-state index in [1.165, 1.54) is 0 Å². The Bertz CT molecular complexity index is 915. The first-order valence-electron chi connectivity index (χ1n) is 8.08. The molecule has 8 heteroatoms. The van der Waals surface area contributed by atoms with Gasteiger partial charge in [0.15, 0.2) is 5.69 Å². The summed E-state index contributed by atoms with van der Waals surface area (Å²) < 4.78 is 3.65. The van der Waals surface area contributed by atoms with Crippen molar-refractivity contribution in [3.8, 4) is 5.69 Å². The zero-order valence-corrected chi connectivity index (χ0v) is 13.8. The van der Waals surface area contributed by atoms with Crippen LogP contribution in [-0.4, -0.2) is 47.1 Å². The van der Waals surface area contributed by atoms with E-state index in [0.29, 0.717) is 13.1 Å². The van der Waals surface area contributed by atoms with E-state index in [9.17, 15) is 4.79 Å². The van der Waals surface area contributed by atoms with Crippen LogP contribution in [0.4, 0.5) is 0 Å². The molecule has 0 fully saturated rings. The molecule has 25 heavy (non-hydrogen) atoms. The lowest BCUT2D eigenvalue weighted by atomic mass is 10.2. The highest BCUT2D eigenvalue weighted by molar-refractivity contribution is 5.85. The second-order valence-electron chi connectivity index (χ2n) is 6.15. The molecule has 1 aliphatic heterocycles. The molecule has 0 bridgehead atoms. The molecule has 0 saturated carbocycles. The summed E-state index contributed by atoms with van der Waals surface area (Å²) in [4.78, 5) is 17.4. The fraction of sp³-hybridized carbons (Fsp3) is 0.294. The highest BCUT2D eigenvalue weighted by Crippen LogP contribution is 2.18. The summed E-state index contributed by atoms with van der Waals surface area (Å²) in [5.41, 5.74) is 4.17. The van der Waals surface area contributed by atoms with Gasteiger partial charge in [0.05, 0.1) is 23.6 Å². The number of pyridine rings is 1. The van der Waals surface area contributed by atoms with E-state index in [4.69, 9.17) is 5.11 Å². The molecule has 0 spiro atoms. The minimum absolute atomic E-state index is 0.110. The van der Waals surface area contributed by atoms with Crippen LogP contribution in [0.5, 0.6) is 0 Å². The van der Waals surface area contributed by atoms with Crippen LogP contribution < -0.4 is 0 Å². The summed E-state index contributed by atoms with van der Waals surface area (Å²) in [5.74, 6) is -0.983. The minimum atomic E-state index is -0.983. The van der Waals surface area contributed by atoms with Gasteiger partial charge < -0.3 is 5.11 Å². The van der Waals surface area contributed by atoms with E-state index in [1.807, 2.05) is 29.9 Å². The average molecular weight is 338 g/mol. The summed E-state index contributed by atoms with van der Waals surface area (Å²) >= 11 is 0. The van der Waals surface area contributed by atoms with Crippen LogP contribution in [0.1, 0.15) is 27.4 Å². The largest absolute Gasteiger partial charge is 0.476 e. The Kier molecular flexibility index (Phi) is 3.81. The fourth-order valence-electron chi connectivity index (χ4n) is 3.08. The number of aromatic nitrogens is 5. The first kappa shape index (κ1) is 15.5. The summed E-state index contributed by atoms with van der Waals surface area (Å²) in [5, 5.41) is 17.8. The number of carboxylic acid groups (broad SMARTS) is 1. The van der Waals surface area contributed by atoms with E-state index >= 15 is 0 Å². The van der Waals surface area contributed by atoms with Crippen LogP contribution in [0.3, 0.4) is 0 Å². The topological polar surface area (TPSA) is 89.1 Å². The fourth-order valence-corrected chi connectivity index (χ4v) is 3.08. The van der Waals surface area contributed by atoms with E-state index in [1.54, 1.807) is 23.1 Å². The zero-order chi connectivity index (χ0) is 17.4. The SMILES string of the molecule is Cc1nn(-c2ccncc2)cc1CN1CCn2nc(C(=O)O)cc2C1. The van der Waals surface area contributed by atoms with Gasteiger partial charge in [0, 0.05) is 43.8 Å². The van der Waals surface area contributed by atoms with Gasteiger partial charge in [-0.2, -0.15) is 10.2 Å². The van der Waals surface area contributed by atoms with Gasteiger partial charge in [0.1, 0.15) is 0 Å². The Balaban J connectivity index is 1.51. The van der Waals surface area contributed by atoms with Gasteiger partial charge in [0.2, 0.25) is 0 Å². The first-order chi connectivity index (χ1) is 12.1. The summed E-state index contributed by atoms with van der Waals surface area (Å²) in [7, 11) is 0. The van der Waals surface area contributed by atoms with E-state index in [-0.39, 0.29) is 5.69 Å². The maximum absolute atomic E-state index is 11.1. The number of fused-ring (bicyclic) bond motifs is 1. The van der Waals surface area contributed by atoms with Gasteiger partial charge in [-0.15, -0.1) is 0 Å². The number of carboxylic acids is 1. The van der Waals surface area contributed by atoms with Crippen molar-refractivity contribution >= 4 is 5.97 Å². The van der Waals surface area contributed by atoms with Gasteiger partial charge in [-0.25, -0.2) is 9.48 Å². The molecule has 3 aromatic heterocycles. The van der Waals surface area contributed by atoms with E-state index in [0.717, 1.165) is 35.7 Å². The monoisotopic (exact) mass is 338 g/mol. The minimum Gasteiger partial charge on any atom is -0.476 e. The van der Waals surface area contributed by atoms with Crippen LogP contribution in [0.25, 0.3) is 5.69 Å². The van der Waals surface area contributed by atoms with Crippen molar-refractivity contribution in [3.63, 3.8) is 0 Å². The second kappa shape index (κ2) is 6.14. The molecule has 4 heterocycles. The lowest BCUT2D eigenvalue weighted by Gasteiger charge is -2.27. The Morgan fingerprint density at radius 2 is 2.04 bits per heavy atom. The Labute approximate surface area is 144 Å². The van der Waals surface area contributed by atoms with Gasteiger partial charge >= 0.3 is 5.97 Å². The van der Waals surface area contributed by atoms with E-state index < -0.39 is 5.97 Å². The molecule has 0 atom stereocenters. The van der Waals surface area contributed by atoms with Crippen molar-refractivity contribution in [3.05, 3.63) is 59.4 Å². The Morgan fingerprint density at radius 1 is 1.24 bits per heavy atom. The first-order valence-corrected chi connectivity index (χ1v) is 8.08. The number of aromatic carboxylic acids is 1. The lowest BCUT2D eigenvalue weighted by molar-refractivity contribution is 0.0689. The maximum Gasteiger partial charge on any atom is 0.356 e. The number of rotatable bonds is 4. The molecule has 8 nitrogen and oxygen atoms in total. The number of aryl methyl sites for hydroxylation is 1. The Hall–Kier alpha value is -3.00. The maximum atomic E-state index is 11.1. The summed E-state index contributed by atoms with van der Waals surface area (Å²) in [6.07, 6.45) is 5.54. The molecule has 1 N–H and O–H groups in total. The molecule has 1 aliphatic rings. The molecule has 4 rings (SSSR count). The Morgan fingerprint density at radius 3 is 2.80 bits per heavy atom. The van der Waals surface area contributed by atoms with Crippen LogP contribution in [0.15, 0.2) is 36.8 Å². The van der Waals surface area contributed by atoms with E-state index in [2.05, 4.69) is 20.1 Å².